The summed E-state index contributed by atoms with van der Waals surface area (Å²) in [7, 11) is -3.61. The Morgan fingerprint density at radius 3 is 2.75 bits per heavy atom. The minimum absolute atomic E-state index is 0.0850. The van der Waals surface area contributed by atoms with Crippen molar-refractivity contribution in [2.75, 3.05) is 18.4 Å². The standard InChI is InChI=1S/C20H24N2O4S2/c1-13-4-7-18-14(10-13)11-19(27-18)20(24)21-16-12-15(5-6-17(16)23)28(25,26)22-8-2-3-9-22/h5-6,11-13,23H,2-4,7-10H2,1H3,(H,21,24). The molecule has 8 heteroatoms. The number of benzene rings is 1. The summed E-state index contributed by atoms with van der Waals surface area (Å²) in [6, 6.07) is 5.97. The van der Waals surface area contributed by atoms with E-state index in [9.17, 15) is 18.3 Å². The molecule has 2 heterocycles. The molecule has 1 aromatic heterocycles. The summed E-state index contributed by atoms with van der Waals surface area (Å²) in [5.74, 6) is 0.149. The molecule has 1 fully saturated rings. The van der Waals surface area contributed by atoms with Gasteiger partial charge in [-0.2, -0.15) is 4.31 Å². The SMILES string of the molecule is CC1CCc2sc(C(=O)Nc3cc(S(=O)(=O)N4CCCC4)ccc3O)cc2C1. The highest BCUT2D eigenvalue weighted by molar-refractivity contribution is 7.89. The molecule has 1 unspecified atom stereocenters. The maximum absolute atomic E-state index is 12.8. The number of aromatic hydroxyl groups is 1. The first-order valence-corrected chi connectivity index (χ1v) is 11.9. The van der Waals surface area contributed by atoms with Crippen LogP contribution in [0.3, 0.4) is 0 Å². The van der Waals surface area contributed by atoms with Gasteiger partial charge in [0.25, 0.3) is 5.91 Å². The number of sulfonamides is 1. The van der Waals surface area contributed by atoms with Crippen LogP contribution in [0.5, 0.6) is 5.75 Å². The molecule has 6 nitrogen and oxygen atoms in total. The Morgan fingerprint density at radius 2 is 2.00 bits per heavy atom. The average Bonchev–Trinajstić information content (AvgIpc) is 3.32. The van der Waals surface area contributed by atoms with E-state index in [-0.39, 0.29) is 22.2 Å². The number of rotatable bonds is 4. The number of hydrogen-bond donors (Lipinski definition) is 2. The van der Waals surface area contributed by atoms with E-state index in [0.29, 0.717) is 23.9 Å². The lowest BCUT2D eigenvalue weighted by Gasteiger charge is -2.16. The largest absolute Gasteiger partial charge is 0.506 e. The summed E-state index contributed by atoms with van der Waals surface area (Å²) in [5.41, 5.74) is 1.34. The van der Waals surface area contributed by atoms with Crippen LogP contribution in [0, 0.1) is 5.92 Å². The second kappa shape index (κ2) is 7.50. The van der Waals surface area contributed by atoms with Crippen molar-refractivity contribution in [2.24, 2.45) is 5.92 Å². The van der Waals surface area contributed by atoms with Crippen molar-refractivity contribution in [1.29, 1.82) is 0 Å². The quantitative estimate of drug-likeness (QED) is 0.740. The van der Waals surface area contributed by atoms with E-state index in [2.05, 4.69) is 12.2 Å². The summed E-state index contributed by atoms with van der Waals surface area (Å²) in [4.78, 5) is 14.6. The first kappa shape index (κ1) is 19.4. The van der Waals surface area contributed by atoms with Crippen LogP contribution >= 0.6 is 11.3 Å². The number of anilines is 1. The molecular weight excluding hydrogens is 396 g/mol. The number of phenols is 1. The molecule has 0 saturated carbocycles. The van der Waals surface area contributed by atoms with Crippen molar-refractivity contribution in [3.63, 3.8) is 0 Å². The predicted molar refractivity (Wildman–Crippen MR) is 110 cm³/mol. The van der Waals surface area contributed by atoms with Crippen molar-refractivity contribution in [3.8, 4) is 5.75 Å². The fourth-order valence-corrected chi connectivity index (χ4v) is 6.50. The lowest BCUT2D eigenvalue weighted by atomic mass is 9.90. The molecule has 0 radical (unpaired) electrons. The van der Waals surface area contributed by atoms with Gasteiger partial charge < -0.3 is 10.4 Å². The molecule has 1 aliphatic heterocycles. The number of amides is 1. The van der Waals surface area contributed by atoms with E-state index in [0.717, 1.165) is 32.1 Å². The first-order chi connectivity index (χ1) is 13.3. The molecule has 28 heavy (non-hydrogen) atoms. The number of nitrogens with zero attached hydrogens (tertiary/aromatic N) is 1. The zero-order chi connectivity index (χ0) is 19.9. The lowest BCUT2D eigenvalue weighted by Crippen LogP contribution is -2.27. The molecule has 2 N–H and O–H groups in total. The van der Waals surface area contributed by atoms with E-state index < -0.39 is 10.0 Å². The van der Waals surface area contributed by atoms with Crippen molar-refractivity contribution in [1.82, 2.24) is 4.31 Å². The number of nitrogens with one attached hydrogen (secondary N) is 1. The Bertz CT molecular complexity index is 1010. The minimum Gasteiger partial charge on any atom is -0.506 e. The molecule has 1 amide bonds. The Hall–Kier alpha value is -1.90. The summed E-state index contributed by atoms with van der Waals surface area (Å²) < 4.78 is 26.9. The van der Waals surface area contributed by atoms with Crippen LogP contribution in [0.15, 0.2) is 29.2 Å². The van der Waals surface area contributed by atoms with Crippen LogP contribution in [0.4, 0.5) is 5.69 Å². The second-order valence-electron chi connectivity index (χ2n) is 7.65. The normalized spacial score (nSPS) is 20.1. The fraction of sp³-hybridized carbons (Fsp3) is 0.450. The van der Waals surface area contributed by atoms with Gasteiger partial charge in [-0.1, -0.05) is 6.92 Å². The van der Waals surface area contributed by atoms with Crippen LogP contribution in [-0.2, 0) is 22.9 Å². The highest BCUT2D eigenvalue weighted by atomic mass is 32.2. The van der Waals surface area contributed by atoms with Crippen LogP contribution < -0.4 is 5.32 Å². The van der Waals surface area contributed by atoms with Crippen LogP contribution in [0.2, 0.25) is 0 Å². The van der Waals surface area contributed by atoms with Crippen molar-refractivity contribution in [2.45, 2.75) is 43.9 Å². The van der Waals surface area contributed by atoms with E-state index in [1.165, 1.54) is 44.3 Å². The third-order valence-corrected chi connectivity index (χ3v) is 8.60. The Kier molecular flexibility index (Phi) is 5.20. The van der Waals surface area contributed by atoms with E-state index in [1.54, 1.807) is 0 Å². The number of thiophene rings is 1. The lowest BCUT2D eigenvalue weighted by molar-refractivity contribution is 0.103. The van der Waals surface area contributed by atoms with Gasteiger partial charge in [-0.3, -0.25) is 4.79 Å². The summed E-state index contributed by atoms with van der Waals surface area (Å²) in [6.07, 6.45) is 4.80. The molecule has 0 bridgehead atoms. The van der Waals surface area contributed by atoms with Gasteiger partial charge in [-0.25, -0.2) is 8.42 Å². The molecule has 0 spiro atoms. The van der Waals surface area contributed by atoms with Gasteiger partial charge in [0.2, 0.25) is 10.0 Å². The number of hydrogen-bond acceptors (Lipinski definition) is 5. The number of phenolic OH excluding ortho intramolecular Hbond substituents is 1. The fourth-order valence-electron chi connectivity index (χ4n) is 3.85. The third kappa shape index (κ3) is 3.68. The van der Waals surface area contributed by atoms with Crippen molar-refractivity contribution < 1.29 is 18.3 Å². The summed E-state index contributed by atoms with van der Waals surface area (Å²) >= 11 is 1.48. The number of carbonyl (C=O) groups excluding carboxylic acids is 1. The molecule has 2 aromatic rings. The van der Waals surface area contributed by atoms with Crippen molar-refractivity contribution >= 4 is 33.0 Å². The van der Waals surface area contributed by atoms with Gasteiger partial charge in [0.05, 0.1) is 15.5 Å². The molecule has 2 aliphatic rings. The molecule has 1 saturated heterocycles. The van der Waals surface area contributed by atoms with Gasteiger partial charge in [0.1, 0.15) is 5.75 Å². The third-order valence-electron chi connectivity index (χ3n) is 5.47. The highest BCUT2D eigenvalue weighted by Crippen LogP contribution is 2.34. The van der Waals surface area contributed by atoms with Gasteiger partial charge >= 0.3 is 0 Å². The Morgan fingerprint density at radius 1 is 1.25 bits per heavy atom. The summed E-state index contributed by atoms with van der Waals surface area (Å²) in [6.45, 7) is 3.22. The van der Waals surface area contributed by atoms with Gasteiger partial charge in [0.15, 0.2) is 0 Å². The Balaban J connectivity index is 1.57. The number of carbonyl (C=O) groups is 1. The van der Waals surface area contributed by atoms with E-state index in [4.69, 9.17) is 0 Å². The van der Waals surface area contributed by atoms with E-state index in [1.807, 2.05) is 6.07 Å². The number of aryl methyl sites for hydroxylation is 1. The maximum atomic E-state index is 12.8. The van der Waals surface area contributed by atoms with Gasteiger partial charge in [0, 0.05) is 18.0 Å². The van der Waals surface area contributed by atoms with Crippen LogP contribution in [0.25, 0.3) is 0 Å². The minimum atomic E-state index is -3.61. The maximum Gasteiger partial charge on any atom is 0.265 e. The smallest absolute Gasteiger partial charge is 0.265 e. The number of fused-ring (bicyclic) bond motifs is 1. The highest BCUT2D eigenvalue weighted by Gasteiger charge is 2.28. The topological polar surface area (TPSA) is 86.7 Å². The summed E-state index contributed by atoms with van der Waals surface area (Å²) in [5, 5.41) is 12.8. The predicted octanol–water partition coefficient (Wildman–Crippen LogP) is 3.62. The van der Waals surface area contributed by atoms with E-state index >= 15 is 0 Å². The molecule has 4 rings (SSSR count). The zero-order valence-electron chi connectivity index (χ0n) is 15.8. The first-order valence-electron chi connectivity index (χ1n) is 9.60. The molecule has 1 aliphatic carbocycles. The molecule has 1 aromatic carbocycles. The van der Waals surface area contributed by atoms with Crippen LogP contribution in [0.1, 0.15) is 46.3 Å². The Labute approximate surface area is 169 Å². The van der Waals surface area contributed by atoms with Gasteiger partial charge in [-0.15, -0.1) is 11.3 Å². The molecular formula is C20H24N2O4S2. The van der Waals surface area contributed by atoms with Gasteiger partial charge in [-0.05, 0) is 67.9 Å². The average molecular weight is 421 g/mol. The molecule has 150 valence electrons. The van der Waals surface area contributed by atoms with Crippen LogP contribution in [-0.4, -0.2) is 36.8 Å². The van der Waals surface area contributed by atoms with Crippen molar-refractivity contribution in [3.05, 3.63) is 39.6 Å². The zero-order valence-corrected chi connectivity index (χ0v) is 17.4. The molecule has 1 atom stereocenters. The monoisotopic (exact) mass is 420 g/mol. The second-order valence-corrected chi connectivity index (χ2v) is 10.7.